The van der Waals surface area contributed by atoms with E-state index in [-0.39, 0.29) is 0 Å². The zero-order valence-corrected chi connectivity index (χ0v) is 12.4. The highest BCUT2D eigenvalue weighted by Gasteiger charge is 2.19. The van der Waals surface area contributed by atoms with Crippen molar-refractivity contribution in [3.8, 4) is 0 Å². The fraction of sp³-hybridized carbons (Fsp3) is 0.538. The summed E-state index contributed by atoms with van der Waals surface area (Å²) in [6.45, 7) is 2.33. The van der Waals surface area contributed by atoms with E-state index in [4.69, 9.17) is 17.3 Å². The number of nitrogens with one attached hydrogen (secondary N) is 1. The van der Waals surface area contributed by atoms with Crippen molar-refractivity contribution in [1.82, 2.24) is 4.90 Å². The average molecular weight is 286 g/mol. The SMILES string of the molecule is CNc1ccc(SC2CCN(C)CC2)c(Cl)c1N. The highest BCUT2D eigenvalue weighted by molar-refractivity contribution is 8.00. The summed E-state index contributed by atoms with van der Waals surface area (Å²) in [5.41, 5.74) is 7.55. The second-order valence-electron chi connectivity index (χ2n) is 4.71. The van der Waals surface area contributed by atoms with Crippen molar-refractivity contribution in [3.63, 3.8) is 0 Å². The normalized spacial score (nSPS) is 17.9. The van der Waals surface area contributed by atoms with E-state index in [9.17, 15) is 0 Å². The van der Waals surface area contributed by atoms with E-state index in [0.717, 1.165) is 10.6 Å². The number of piperidine rings is 1. The summed E-state index contributed by atoms with van der Waals surface area (Å²) in [7, 11) is 4.03. The lowest BCUT2D eigenvalue weighted by atomic mass is 10.1. The molecule has 1 aliphatic rings. The monoisotopic (exact) mass is 285 g/mol. The number of rotatable bonds is 3. The lowest BCUT2D eigenvalue weighted by Crippen LogP contribution is -2.31. The van der Waals surface area contributed by atoms with Gasteiger partial charge in [-0.3, -0.25) is 0 Å². The Morgan fingerprint density at radius 2 is 2.06 bits per heavy atom. The summed E-state index contributed by atoms with van der Waals surface area (Å²) in [5, 5.41) is 4.38. The fourth-order valence-corrected chi connectivity index (χ4v) is 3.63. The van der Waals surface area contributed by atoms with Gasteiger partial charge in [0.25, 0.3) is 0 Å². The molecule has 0 radical (unpaired) electrons. The molecule has 0 saturated carbocycles. The number of benzene rings is 1. The molecule has 1 fully saturated rings. The zero-order valence-electron chi connectivity index (χ0n) is 10.9. The van der Waals surface area contributed by atoms with Crippen molar-refractivity contribution >= 4 is 34.7 Å². The lowest BCUT2D eigenvalue weighted by molar-refractivity contribution is 0.282. The number of thioether (sulfide) groups is 1. The molecule has 1 saturated heterocycles. The maximum atomic E-state index is 6.33. The predicted octanol–water partition coefficient (Wildman–Crippen LogP) is 3.15. The number of hydrogen-bond donors (Lipinski definition) is 2. The minimum atomic E-state index is 0.650. The van der Waals surface area contributed by atoms with Gasteiger partial charge in [0.15, 0.2) is 0 Å². The molecule has 0 atom stereocenters. The quantitative estimate of drug-likeness (QED) is 0.837. The Bertz CT molecular complexity index is 417. The first-order valence-corrected chi connectivity index (χ1v) is 7.48. The maximum absolute atomic E-state index is 6.33. The highest BCUT2D eigenvalue weighted by Crippen LogP contribution is 2.40. The summed E-state index contributed by atoms with van der Waals surface area (Å²) in [6, 6.07) is 4.06. The van der Waals surface area contributed by atoms with Gasteiger partial charge in [-0.05, 0) is 45.1 Å². The van der Waals surface area contributed by atoms with Gasteiger partial charge < -0.3 is 16.0 Å². The van der Waals surface area contributed by atoms with Crippen LogP contribution in [0.2, 0.25) is 5.02 Å². The third-order valence-electron chi connectivity index (χ3n) is 3.37. The summed E-state index contributed by atoms with van der Waals surface area (Å²) < 4.78 is 0. The standard InChI is InChI=1S/C13H20ClN3S/c1-16-10-3-4-11(12(14)13(10)15)18-9-5-7-17(2)8-6-9/h3-4,9,16H,5-8,15H2,1-2H3. The first-order valence-electron chi connectivity index (χ1n) is 6.22. The minimum absolute atomic E-state index is 0.650. The van der Waals surface area contributed by atoms with E-state index < -0.39 is 0 Å². The summed E-state index contributed by atoms with van der Waals surface area (Å²) in [5.74, 6) is 0. The number of hydrogen-bond acceptors (Lipinski definition) is 4. The third kappa shape index (κ3) is 3.05. The largest absolute Gasteiger partial charge is 0.396 e. The Labute approximate surface area is 118 Å². The lowest BCUT2D eigenvalue weighted by Gasteiger charge is -2.28. The van der Waals surface area contributed by atoms with E-state index in [1.54, 1.807) is 0 Å². The van der Waals surface area contributed by atoms with Crippen LogP contribution in [0.15, 0.2) is 17.0 Å². The molecule has 3 nitrogen and oxygen atoms in total. The Balaban J connectivity index is 2.08. The van der Waals surface area contributed by atoms with Gasteiger partial charge in [0, 0.05) is 17.2 Å². The number of halogens is 1. The molecule has 5 heteroatoms. The third-order valence-corrected chi connectivity index (χ3v) is 5.29. The van der Waals surface area contributed by atoms with Gasteiger partial charge in [-0.25, -0.2) is 0 Å². The molecule has 0 aromatic heterocycles. The molecule has 0 unspecified atom stereocenters. The fourth-order valence-electron chi connectivity index (χ4n) is 2.16. The van der Waals surface area contributed by atoms with Crippen LogP contribution in [-0.2, 0) is 0 Å². The van der Waals surface area contributed by atoms with Crippen molar-refractivity contribution in [3.05, 3.63) is 17.2 Å². The van der Waals surface area contributed by atoms with Crippen molar-refractivity contribution in [1.29, 1.82) is 0 Å². The van der Waals surface area contributed by atoms with Crippen LogP contribution in [0.4, 0.5) is 11.4 Å². The first kappa shape index (κ1) is 13.8. The first-order chi connectivity index (χ1) is 8.61. The van der Waals surface area contributed by atoms with E-state index in [0.29, 0.717) is 16.0 Å². The maximum Gasteiger partial charge on any atom is 0.0792 e. The average Bonchev–Trinajstić information content (AvgIpc) is 2.38. The van der Waals surface area contributed by atoms with E-state index >= 15 is 0 Å². The molecule has 1 aromatic rings. The predicted molar refractivity (Wildman–Crippen MR) is 81.8 cm³/mol. The summed E-state index contributed by atoms with van der Waals surface area (Å²) in [6.07, 6.45) is 2.43. The number of nitrogens with zero attached hydrogens (tertiary/aromatic N) is 1. The molecule has 1 heterocycles. The molecule has 1 aliphatic heterocycles. The molecular formula is C13H20ClN3S. The Morgan fingerprint density at radius 1 is 1.39 bits per heavy atom. The smallest absolute Gasteiger partial charge is 0.0792 e. The topological polar surface area (TPSA) is 41.3 Å². The van der Waals surface area contributed by atoms with Crippen molar-refractivity contribution < 1.29 is 0 Å². The molecule has 0 aliphatic carbocycles. The van der Waals surface area contributed by atoms with Gasteiger partial charge in [0.2, 0.25) is 0 Å². The van der Waals surface area contributed by atoms with Gasteiger partial charge in [0.1, 0.15) is 0 Å². The molecule has 2 rings (SSSR count). The van der Waals surface area contributed by atoms with E-state index in [1.165, 1.54) is 25.9 Å². The Morgan fingerprint density at radius 3 is 2.67 bits per heavy atom. The highest BCUT2D eigenvalue weighted by atomic mass is 35.5. The van der Waals surface area contributed by atoms with E-state index in [1.807, 2.05) is 24.9 Å². The molecule has 18 heavy (non-hydrogen) atoms. The number of nitrogen functional groups attached to an aromatic ring is 1. The Kier molecular flexibility index (Phi) is 4.65. The second-order valence-corrected chi connectivity index (χ2v) is 6.43. The van der Waals surface area contributed by atoms with Gasteiger partial charge in [-0.2, -0.15) is 0 Å². The van der Waals surface area contributed by atoms with Crippen LogP contribution < -0.4 is 11.1 Å². The van der Waals surface area contributed by atoms with Gasteiger partial charge in [-0.1, -0.05) is 11.6 Å². The van der Waals surface area contributed by atoms with Crippen molar-refractivity contribution in [2.45, 2.75) is 23.0 Å². The van der Waals surface area contributed by atoms with Crippen LogP contribution in [0, 0.1) is 0 Å². The minimum Gasteiger partial charge on any atom is -0.396 e. The van der Waals surface area contributed by atoms with Crippen molar-refractivity contribution in [2.75, 3.05) is 38.2 Å². The van der Waals surface area contributed by atoms with Gasteiger partial charge >= 0.3 is 0 Å². The molecule has 3 N–H and O–H groups in total. The molecule has 100 valence electrons. The molecule has 1 aromatic carbocycles. The molecule has 0 bridgehead atoms. The van der Waals surface area contributed by atoms with Crippen LogP contribution in [0.1, 0.15) is 12.8 Å². The van der Waals surface area contributed by atoms with Crippen LogP contribution in [0.3, 0.4) is 0 Å². The number of likely N-dealkylation sites (tertiary alicyclic amines) is 1. The number of anilines is 2. The van der Waals surface area contributed by atoms with Gasteiger partial charge in [-0.15, -0.1) is 11.8 Å². The molecule has 0 amide bonds. The van der Waals surface area contributed by atoms with E-state index in [2.05, 4.69) is 23.3 Å². The van der Waals surface area contributed by atoms with Crippen LogP contribution in [0.5, 0.6) is 0 Å². The molecule has 0 spiro atoms. The van der Waals surface area contributed by atoms with Gasteiger partial charge in [0.05, 0.1) is 16.4 Å². The second kappa shape index (κ2) is 6.04. The van der Waals surface area contributed by atoms with Crippen LogP contribution in [-0.4, -0.2) is 37.3 Å². The summed E-state index contributed by atoms with van der Waals surface area (Å²) >= 11 is 8.19. The number of nitrogens with two attached hydrogens (primary N) is 1. The van der Waals surface area contributed by atoms with Crippen LogP contribution >= 0.6 is 23.4 Å². The Hall–Kier alpha value is -0.580. The van der Waals surface area contributed by atoms with Crippen molar-refractivity contribution in [2.24, 2.45) is 0 Å². The zero-order chi connectivity index (χ0) is 13.1. The van der Waals surface area contributed by atoms with Crippen LogP contribution in [0.25, 0.3) is 0 Å². The molecular weight excluding hydrogens is 266 g/mol. The summed E-state index contributed by atoms with van der Waals surface area (Å²) in [4.78, 5) is 3.47.